The lowest BCUT2D eigenvalue weighted by Gasteiger charge is -2.25. The Hall–Kier alpha value is -1.35. The van der Waals surface area contributed by atoms with E-state index in [4.69, 9.17) is 0 Å². The first kappa shape index (κ1) is 14.1. The maximum atomic E-state index is 11.7. The third kappa shape index (κ3) is 4.67. The topological polar surface area (TPSA) is 41.1 Å². The summed E-state index contributed by atoms with van der Waals surface area (Å²) in [6.45, 7) is 6.39. The minimum atomic E-state index is -0.0343. The Balaban J connectivity index is 1.72. The van der Waals surface area contributed by atoms with Crippen molar-refractivity contribution in [2.24, 2.45) is 5.92 Å². The van der Waals surface area contributed by atoms with Crippen molar-refractivity contribution >= 4 is 5.91 Å². The number of benzene rings is 1. The molecule has 0 unspecified atom stereocenters. The number of carbonyl (C=O) groups is 1. The second-order valence-corrected chi connectivity index (χ2v) is 6.10. The molecule has 0 heterocycles. The molecule has 1 aliphatic rings. The molecule has 1 aromatic rings. The van der Waals surface area contributed by atoms with Crippen LogP contribution in [0, 0.1) is 5.92 Å². The van der Waals surface area contributed by atoms with Crippen LogP contribution in [0.1, 0.15) is 32.3 Å². The Labute approximate surface area is 115 Å². The van der Waals surface area contributed by atoms with E-state index in [0.29, 0.717) is 13.1 Å². The molecule has 1 fully saturated rings. The zero-order chi connectivity index (χ0) is 13.7. The number of amides is 1. The third-order valence-corrected chi connectivity index (χ3v) is 3.70. The van der Waals surface area contributed by atoms with Gasteiger partial charge in [0.05, 0.1) is 6.54 Å². The van der Waals surface area contributed by atoms with Gasteiger partial charge in [-0.1, -0.05) is 44.2 Å². The molecule has 0 spiro atoms. The fourth-order valence-electron chi connectivity index (χ4n) is 2.09. The quantitative estimate of drug-likeness (QED) is 0.788. The molecule has 0 saturated heterocycles. The standard InChI is InChI=1S/C16H24N2O/c1-16(2,14-6-4-3-5-7-14)12-18-15(19)11-17-10-13-8-9-13/h3-7,13,17H,8-12H2,1-2H3,(H,18,19). The van der Waals surface area contributed by atoms with Crippen LogP contribution in [0.2, 0.25) is 0 Å². The first-order chi connectivity index (χ1) is 9.08. The summed E-state index contributed by atoms with van der Waals surface area (Å²) in [7, 11) is 0. The first-order valence-electron chi connectivity index (χ1n) is 7.11. The van der Waals surface area contributed by atoms with Crippen LogP contribution < -0.4 is 10.6 Å². The second kappa shape index (κ2) is 6.20. The number of hydrogen-bond acceptors (Lipinski definition) is 2. The predicted octanol–water partition coefficient (Wildman–Crippen LogP) is 2.08. The minimum Gasteiger partial charge on any atom is -0.354 e. The van der Waals surface area contributed by atoms with E-state index in [1.807, 2.05) is 18.2 Å². The minimum absolute atomic E-state index is 0.0343. The smallest absolute Gasteiger partial charge is 0.233 e. The average Bonchev–Trinajstić information content (AvgIpc) is 3.22. The van der Waals surface area contributed by atoms with Crippen molar-refractivity contribution < 1.29 is 4.79 Å². The van der Waals surface area contributed by atoms with Gasteiger partial charge < -0.3 is 10.6 Å². The van der Waals surface area contributed by atoms with Crippen LogP contribution in [0.3, 0.4) is 0 Å². The summed E-state index contributed by atoms with van der Waals surface area (Å²) in [5, 5.41) is 6.23. The summed E-state index contributed by atoms with van der Waals surface area (Å²) in [6, 6.07) is 10.3. The van der Waals surface area contributed by atoms with Crippen molar-refractivity contribution in [2.45, 2.75) is 32.1 Å². The van der Waals surface area contributed by atoms with E-state index in [0.717, 1.165) is 12.5 Å². The van der Waals surface area contributed by atoms with Gasteiger partial charge in [-0.15, -0.1) is 0 Å². The number of rotatable bonds is 7. The van der Waals surface area contributed by atoms with E-state index in [1.54, 1.807) is 0 Å². The van der Waals surface area contributed by atoms with Crippen molar-refractivity contribution in [2.75, 3.05) is 19.6 Å². The van der Waals surface area contributed by atoms with Crippen molar-refractivity contribution in [3.8, 4) is 0 Å². The van der Waals surface area contributed by atoms with Gasteiger partial charge in [0.1, 0.15) is 0 Å². The number of carbonyl (C=O) groups excluding carboxylic acids is 1. The van der Waals surface area contributed by atoms with Crippen LogP contribution >= 0.6 is 0 Å². The molecule has 0 aromatic heterocycles. The monoisotopic (exact) mass is 260 g/mol. The molecule has 0 radical (unpaired) electrons. The SMILES string of the molecule is CC(C)(CNC(=O)CNCC1CC1)c1ccccc1. The normalized spacial score (nSPS) is 15.3. The molecule has 1 aromatic carbocycles. The highest BCUT2D eigenvalue weighted by Gasteiger charge is 2.22. The Bertz CT molecular complexity index is 410. The van der Waals surface area contributed by atoms with Gasteiger partial charge in [-0.05, 0) is 30.9 Å². The Morgan fingerprint density at radius 3 is 2.58 bits per heavy atom. The Morgan fingerprint density at radius 1 is 1.26 bits per heavy atom. The zero-order valence-electron chi connectivity index (χ0n) is 11.9. The summed E-state index contributed by atoms with van der Waals surface area (Å²) in [6.07, 6.45) is 2.63. The largest absolute Gasteiger partial charge is 0.354 e. The lowest BCUT2D eigenvalue weighted by atomic mass is 9.84. The summed E-state index contributed by atoms with van der Waals surface area (Å²) >= 11 is 0. The third-order valence-electron chi connectivity index (χ3n) is 3.70. The summed E-state index contributed by atoms with van der Waals surface area (Å²) < 4.78 is 0. The van der Waals surface area contributed by atoms with Crippen LogP contribution in [-0.2, 0) is 10.2 Å². The van der Waals surface area contributed by atoms with Gasteiger partial charge in [-0.2, -0.15) is 0 Å². The molecule has 0 aliphatic heterocycles. The Kier molecular flexibility index (Phi) is 4.59. The van der Waals surface area contributed by atoms with E-state index in [-0.39, 0.29) is 11.3 Å². The molecule has 2 rings (SSSR count). The Morgan fingerprint density at radius 2 is 1.95 bits per heavy atom. The molecule has 19 heavy (non-hydrogen) atoms. The molecule has 104 valence electrons. The number of hydrogen-bond donors (Lipinski definition) is 2. The van der Waals surface area contributed by atoms with Gasteiger partial charge in [0.2, 0.25) is 5.91 Å². The van der Waals surface area contributed by atoms with Crippen LogP contribution in [-0.4, -0.2) is 25.5 Å². The number of nitrogens with one attached hydrogen (secondary N) is 2. The van der Waals surface area contributed by atoms with Gasteiger partial charge in [-0.3, -0.25) is 4.79 Å². The van der Waals surface area contributed by atoms with E-state index < -0.39 is 0 Å². The van der Waals surface area contributed by atoms with Gasteiger partial charge >= 0.3 is 0 Å². The summed E-state index contributed by atoms with van der Waals surface area (Å²) in [5.74, 6) is 0.901. The maximum absolute atomic E-state index is 11.7. The lowest BCUT2D eigenvalue weighted by molar-refractivity contribution is -0.120. The van der Waals surface area contributed by atoms with Crippen LogP contribution in [0.25, 0.3) is 0 Å². The predicted molar refractivity (Wildman–Crippen MR) is 78.1 cm³/mol. The lowest BCUT2D eigenvalue weighted by Crippen LogP contribution is -2.41. The molecule has 2 N–H and O–H groups in total. The molecule has 1 saturated carbocycles. The molecule has 1 aliphatic carbocycles. The molecular weight excluding hydrogens is 236 g/mol. The maximum Gasteiger partial charge on any atom is 0.233 e. The highest BCUT2D eigenvalue weighted by atomic mass is 16.1. The first-order valence-corrected chi connectivity index (χ1v) is 7.11. The van der Waals surface area contributed by atoms with Crippen molar-refractivity contribution in [1.82, 2.24) is 10.6 Å². The van der Waals surface area contributed by atoms with Crippen LogP contribution in [0.15, 0.2) is 30.3 Å². The fraction of sp³-hybridized carbons (Fsp3) is 0.562. The fourth-order valence-corrected chi connectivity index (χ4v) is 2.09. The second-order valence-electron chi connectivity index (χ2n) is 6.10. The van der Waals surface area contributed by atoms with Crippen molar-refractivity contribution in [3.63, 3.8) is 0 Å². The van der Waals surface area contributed by atoms with Gasteiger partial charge in [-0.25, -0.2) is 0 Å². The van der Waals surface area contributed by atoms with Crippen molar-refractivity contribution in [1.29, 1.82) is 0 Å². The summed E-state index contributed by atoms with van der Waals surface area (Å²) in [5.41, 5.74) is 1.22. The van der Waals surface area contributed by atoms with Crippen LogP contribution in [0.4, 0.5) is 0 Å². The van der Waals surface area contributed by atoms with E-state index in [2.05, 4.69) is 36.6 Å². The molecule has 0 bridgehead atoms. The molecular formula is C16H24N2O. The van der Waals surface area contributed by atoms with Gasteiger partial charge in [0.15, 0.2) is 0 Å². The van der Waals surface area contributed by atoms with Crippen molar-refractivity contribution in [3.05, 3.63) is 35.9 Å². The molecule has 3 heteroatoms. The van der Waals surface area contributed by atoms with E-state index >= 15 is 0 Å². The van der Waals surface area contributed by atoms with Gasteiger partial charge in [0.25, 0.3) is 0 Å². The highest BCUT2D eigenvalue weighted by Crippen LogP contribution is 2.27. The summed E-state index contributed by atoms with van der Waals surface area (Å²) in [4.78, 5) is 11.7. The average molecular weight is 260 g/mol. The van der Waals surface area contributed by atoms with E-state index in [9.17, 15) is 4.79 Å². The molecule has 3 nitrogen and oxygen atoms in total. The zero-order valence-corrected chi connectivity index (χ0v) is 11.9. The van der Waals surface area contributed by atoms with E-state index in [1.165, 1.54) is 18.4 Å². The van der Waals surface area contributed by atoms with Crippen LogP contribution in [0.5, 0.6) is 0 Å². The molecule has 1 amide bonds. The highest BCUT2D eigenvalue weighted by molar-refractivity contribution is 5.78. The molecule has 0 atom stereocenters. The van der Waals surface area contributed by atoms with Gasteiger partial charge in [0, 0.05) is 12.0 Å².